The summed E-state index contributed by atoms with van der Waals surface area (Å²) in [6, 6.07) is 5.03. The van der Waals surface area contributed by atoms with E-state index in [4.69, 9.17) is 11.7 Å². The van der Waals surface area contributed by atoms with E-state index in [-0.39, 0.29) is 12.5 Å². The Hall–Kier alpha value is -2.33. The van der Waals surface area contributed by atoms with Crippen molar-refractivity contribution in [3.63, 3.8) is 0 Å². The highest BCUT2D eigenvalue weighted by atomic mass is 16.2. The number of hydrogen-bond acceptors (Lipinski definition) is 3. The summed E-state index contributed by atoms with van der Waals surface area (Å²) in [7, 11) is 0. The van der Waals surface area contributed by atoms with Crippen molar-refractivity contribution in [2.45, 2.75) is 6.92 Å². The fraction of sp³-hybridized carbons (Fsp3) is 0.250. The molecule has 1 heterocycles. The SMILES string of the molecule is C#CCN(CC)C(=O)c1ccc(C#N)cn1. The van der Waals surface area contributed by atoms with Gasteiger partial charge in [-0.1, -0.05) is 5.92 Å². The van der Waals surface area contributed by atoms with Gasteiger partial charge in [-0.25, -0.2) is 4.98 Å². The maximum Gasteiger partial charge on any atom is 0.273 e. The van der Waals surface area contributed by atoms with E-state index in [0.29, 0.717) is 17.8 Å². The highest BCUT2D eigenvalue weighted by Crippen LogP contribution is 2.03. The first-order valence-electron chi connectivity index (χ1n) is 4.81. The van der Waals surface area contributed by atoms with Gasteiger partial charge in [0.05, 0.1) is 12.1 Å². The zero-order valence-electron chi connectivity index (χ0n) is 8.97. The maximum atomic E-state index is 11.9. The first-order chi connectivity index (χ1) is 7.72. The van der Waals surface area contributed by atoms with Crippen molar-refractivity contribution in [2.75, 3.05) is 13.1 Å². The number of rotatable bonds is 3. The van der Waals surface area contributed by atoms with E-state index in [1.165, 1.54) is 17.2 Å². The van der Waals surface area contributed by atoms with E-state index >= 15 is 0 Å². The molecule has 1 aromatic rings. The Labute approximate surface area is 94.5 Å². The van der Waals surface area contributed by atoms with Crippen molar-refractivity contribution in [3.8, 4) is 18.4 Å². The lowest BCUT2D eigenvalue weighted by Crippen LogP contribution is -2.31. The third-order valence-electron chi connectivity index (χ3n) is 2.06. The van der Waals surface area contributed by atoms with Crippen LogP contribution in [-0.2, 0) is 0 Å². The Bertz CT molecular complexity index is 451. The monoisotopic (exact) mass is 213 g/mol. The van der Waals surface area contributed by atoms with Crippen molar-refractivity contribution in [2.24, 2.45) is 0 Å². The summed E-state index contributed by atoms with van der Waals surface area (Å²) in [5, 5.41) is 8.59. The fourth-order valence-electron chi connectivity index (χ4n) is 1.19. The van der Waals surface area contributed by atoms with Gasteiger partial charge in [0.15, 0.2) is 0 Å². The number of carbonyl (C=O) groups excluding carboxylic acids is 1. The maximum absolute atomic E-state index is 11.9. The molecule has 0 spiro atoms. The molecule has 0 N–H and O–H groups in total. The van der Waals surface area contributed by atoms with Crippen LogP contribution in [-0.4, -0.2) is 28.9 Å². The minimum Gasteiger partial charge on any atom is -0.326 e. The first kappa shape index (κ1) is 11.7. The smallest absolute Gasteiger partial charge is 0.273 e. The van der Waals surface area contributed by atoms with E-state index < -0.39 is 0 Å². The van der Waals surface area contributed by atoms with Gasteiger partial charge in [0.1, 0.15) is 11.8 Å². The summed E-state index contributed by atoms with van der Waals surface area (Å²) in [4.78, 5) is 17.3. The second-order valence-electron chi connectivity index (χ2n) is 3.07. The van der Waals surface area contributed by atoms with Crippen molar-refractivity contribution >= 4 is 5.91 Å². The molecular weight excluding hydrogens is 202 g/mol. The summed E-state index contributed by atoms with van der Waals surface area (Å²) >= 11 is 0. The van der Waals surface area contributed by atoms with Crippen LogP contribution in [0.4, 0.5) is 0 Å². The average Bonchev–Trinajstić information content (AvgIpc) is 2.35. The topological polar surface area (TPSA) is 57.0 Å². The second-order valence-corrected chi connectivity index (χ2v) is 3.07. The summed E-state index contributed by atoms with van der Waals surface area (Å²) in [5.41, 5.74) is 0.729. The summed E-state index contributed by atoms with van der Waals surface area (Å²) in [6.07, 6.45) is 6.53. The molecule has 0 aromatic carbocycles. The van der Waals surface area contributed by atoms with Gasteiger partial charge in [-0.3, -0.25) is 4.79 Å². The van der Waals surface area contributed by atoms with Crippen LogP contribution in [0.25, 0.3) is 0 Å². The van der Waals surface area contributed by atoms with E-state index in [0.717, 1.165) is 0 Å². The molecule has 1 amide bonds. The van der Waals surface area contributed by atoms with Crippen molar-refractivity contribution in [3.05, 3.63) is 29.6 Å². The molecule has 4 nitrogen and oxygen atoms in total. The van der Waals surface area contributed by atoms with Gasteiger partial charge in [-0.05, 0) is 19.1 Å². The average molecular weight is 213 g/mol. The van der Waals surface area contributed by atoms with Crippen LogP contribution < -0.4 is 0 Å². The minimum atomic E-state index is -0.218. The second kappa shape index (κ2) is 5.53. The number of carbonyl (C=O) groups is 1. The molecule has 0 fully saturated rings. The van der Waals surface area contributed by atoms with Crippen LogP contribution >= 0.6 is 0 Å². The molecular formula is C12H11N3O. The van der Waals surface area contributed by atoms with Gasteiger partial charge in [-0.2, -0.15) is 5.26 Å². The molecule has 0 saturated heterocycles. The molecule has 0 aliphatic rings. The Morgan fingerprint density at radius 3 is 2.81 bits per heavy atom. The van der Waals surface area contributed by atoms with Crippen LogP contribution in [0.15, 0.2) is 18.3 Å². The standard InChI is InChI=1S/C12H11N3O/c1-3-7-15(4-2)12(16)11-6-5-10(8-13)9-14-11/h1,5-6,9H,4,7H2,2H3. The molecule has 1 aromatic heterocycles. The third kappa shape index (κ3) is 2.59. The first-order valence-corrected chi connectivity index (χ1v) is 4.81. The molecule has 16 heavy (non-hydrogen) atoms. The summed E-state index contributed by atoms with van der Waals surface area (Å²) in [5.74, 6) is 2.20. The molecule has 80 valence electrons. The Morgan fingerprint density at radius 2 is 2.38 bits per heavy atom. The third-order valence-corrected chi connectivity index (χ3v) is 2.06. The molecule has 0 saturated carbocycles. The predicted octanol–water partition coefficient (Wildman–Crippen LogP) is 1.05. The number of pyridine rings is 1. The van der Waals surface area contributed by atoms with E-state index in [1.807, 2.05) is 13.0 Å². The van der Waals surface area contributed by atoms with Gasteiger partial charge in [0, 0.05) is 12.7 Å². The number of hydrogen-bond donors (Lipinski definition) is 0. The zero-order valence-corrected chi connectivity index (χ0v) is 8.97. The van der Waals surface area contributed by atoms with Crippen molar-refractivity contribution < 1.29 is 4.79 Å². The molecule has 0 bridgehead atoms. The molecule has 4 heteroatoms. The van der Waals surface area contributed by atoms with Crippen LogP contribution in [0.3, 0.4) is 0 Å². The quantitative estimate of drug-likeness (QED) is 0.705. The van der Waals surface area contributed by atoms with Gasteiger partial charge in [0.2, 0.25) is 0 Å². The minimum absolute atomic E-state index is 0.218. The largest absolute Gasteiger partial charge is 0.326 e. The molecule has 0 atom stereocenters. The molecule has 0 unspecified atom stereocenters. The molecule has 1 rings (SSSR count). The molecule has 0 aliphatic heterocycles. The summed E-state index contributed by atoms with van der Waals surface area (Å²) < 4.78 is 0. The Kier molecular flexibility index (Phi) is 4.06. The van der Waals surface area contributed by atoms with Gasteiger partial charge < -0.3 is 4.90 Å². The van der Waals surface area contributed by atoms with Crippen LogP contribution in [0.2, 0.25) is 0 Å². The molecule has 0 aliphatic carbocycles. The highest BCUT2D eigenvalue weighted by Gasteiger charge is 2.13. The van der Waals surface area contributed by atoms with E-state index in [1.54, 1.807) is 6.07 Å². The van der Waals surface area contributed by atoms with Crippen LogP contribution in [0.1, 0.15) is 23.0 Å². The van der Waals surface area contributed by atoms with Crippen LogP contribution in [0.5, 0.6) is 0 Å². The predicted molar refractivity (Wildman–Crippen MR) is 59.4 cm³/mol. The lowest BCUT2D eigenvalue weighted by Gasteiger charge is -2.16. The van der Waals surface area contributed by atoms with Gasteiger partial charge >= 0.3 is 0 Å². The van der Waals surface area contributed by atoms with Crippen molar-refractivity contribution in [1.29, 1.82) is 5.26 Å². The lowest BCUT2D eigenvalue weighted by molar-refractivity contribution is 0.0779. The number of nitrogens with zero attached hydrogens (tertiary/aromatic N) is 3. The van der Waals surface area contributed by atoms with E-state index in [9.17, 15) is 4.79 Å². The number of aromatic nitrogens is 1. The molecule has 0 radical (unpaired) electrons. The number of nitriles is 1. The highest BCUT2D eigenvalue weighted by molar-refractivity contribution is 5.92. The lowest BCUT2D eigenvalue weighted by atomic mass is 10.2. The number of amides is 1. The van der Waals surface area contributed by atoms with Crippen LogP contribution in [0, 0.1) is 23.7 Å². The zero-order chi connectivity index (χ0) is 12.0. The van der Waals surface area contributed by atoms with E-state index in [2.05, 4.69) is 10.9 Å². The Morgan fingerprint density at radius 1 is 1.62 bits per heavy atom. The number of terminal acetylenes is 1. The fourth-order valence-corrected chi connectivity index (χ4v) is 1.19. The van der Waals surface area contributed by atoms with Crippen molar-refractivity contribution in [1.82, 2.24) is 9.88 Å². The van der Waals surface area contributed by atoms with Gasteiger partial charge in [-0.15, -0.1) is 6.42 Å². The van der Waals surface area contributed by atoms with Gasteiger partial charge in [0.25, 0.3) is 5.91 Å². The normalized spacial score (nSPS) is 8.94. The Balaban J connectivity index is 2.88. The summed E-state index contributed by atoms with van der Waals surface area (Å²) in [6.45, 7) is 2.64.